The van der Waals surface area contributed by atoms with E-state index in [1.54, 1.807) is 0 Å². The number of rotatable bonds is 6. The first kappa shape index (κ1) is 13.3. The summed E-state index contributed by atoms with van der Waals surface area (Å²) in [5, 5.41) is 3.59. The molecule has 104 valence electrons. The fraction of sp³-hybridized carbons (Fsp3) is 0.600. The highest BCUT2D eigenvalue weighted by Gasteiger charge is 2.40. The van der Waals surface area contributed by atoms with Gasteiger partial charge in [0, 0.05) is 13.1 Å². The van der Waals surface area contributed by atoms with E-state index < -0.39 is 0 Å². The maximum absolute atomic E-state index is 5.44. The van der Waals surface area contributed by atoms with Crippen LogP contribution in [0.15, 0.2) is 16.6 Å². The molecule has 1 heterocycles. The van der Waals surface area contributed by atoms with Gasteiger partial charge in [-0.2, -0.15) is 0 Å². The maximum atomic E-state index is 5.44. The molecule has 1 fully saturated rings. The number of benzene rings is 1. The Hall–Kier alpha value is -0.740. The molecule has 0 aromatic heterocycles. The summed E-state index contributed by atoms with van der Waals surface area (Å²) >= 11 is 3.53. The van der Waals surface area contributed by atoms with Gasteiger partial charge >= 0.3 is 0 Å². The molecule has 0 spiro atoms. The zero-order valence-electron chi connectivity index (χ0n) is 11.3. The Labute approximate surface area is 122 Å². The standard InChI is InChI=1S/C15H20BrNO2/c1-2-3-15(4-5-15)9-17-8-11-6-12(16)14-13(7-11)18-10-19-14/h6-7,17H,2-5,8-10H2,1H3. The monoisotopic (exact) mass is 325 g/mol. The molecule has 0 atom stereocenters. The van der Waals surface area contributed by atoms with Crippen LogP contribution in [0.5, 0.6) is 11.5 Å². The van der Waals surface area contributed by atoms with Crippen LogP contribution < -0.4 is 14.8 Å². The van der Waals surface area contributed by atoms with Gasteiger partial charge in [0.15, 0.2) is 11.5 Å². The Kier molecular flexibility index (Phi) is 3.72. The van der Waals surface area contributed by atoms with Gasteiger partial charge < -0.3 is 14.8 Å². The molecule has 19 heavy (non-hydrogen) atoms. The van der Waals surface area contributed by atoms with E-state index in [1.807, 2.05) is 0 Å². The van der Waals surface area contributed by atoms with Crippen molar-refractivity contribution in [1.82, 2.24) is 5.32 Å². The first-order valence-corrected chi connectivity index (χ1v) is 7.80. The zero-order valence-corrected chi connectivity index (χ0v) is 12.9. The molecule has 4 heteroatoms. The van der Waals surface area contributed by atoms with Gasteiger partial charge in [0.05, 0.1) is 4.47 Å². The lowest BCUT2D eigenvalue weighted by atomic mass is 10.0. The second kappa shape index (κ2) is 5.33. The molecule has 0 unspecified atom stereocenters. The first-order valence-electron chi connectivity index (χ1n) is 7.01. The van der Waals surface area contributed by atoms with Crippen molar-refractivity contribution < 1.29 is 9.47 Å². The molecule has 1 N–H and O–H groups in total. The molecule has 1 aromatic carbocycles. The predicted molar refractivity (Wildman–Crippen MR) is 78.5 cm³/mol. The highest BCUT2D eigenvalue weighted by Crippen LogP contribution is 2.49. The lowest BCUT2D eigenvalue weighted by molar-refractivity contribution is 0.173. The number of hydrogen-bond donors (Lipinski definition) is 1. The van der Waals surface area contributed by atoms with E-state index in [0.29, 0.717) is 12.2 Å². The van der Waals surface area contributed by atoms with E-state index in [9.17, 15) is 0 Å². The van der Waals surface area contributed by atoms with Crippen LogP contribution in [0.25, 0.3) is 0 Å². The number of ether oxygens (including phenoxy) is 2. The van der Waals surface area contributed by atoms with Crippen LogP contribution in [-0.2, 0) is 6.54 Å². The molecular formula is C15H20BrNO2. The summed E-state index contributed by atoms with van der Waals surface area (Å²) in [5.74, 6) is 1.68. The Balaban J connectivity index is 1.57. The van der Waals surface area contributed by atoms with Crippen molar-refractivity contribution in [3.8, 4) is 11.5 Å². The van der Waals surface area contributed by atoms with Crippen LogP contribution in [0, 0.1) is 5.41 Å². The third-order valence-electron chi connectivity index (χ3n) is 4.05. The summed E-state index contributed by atoms with van der Waals surface area (Å²) in [7, 11) is 0. The molecule has 3 nitrogen and oxygen atoms in total. The van der Waals surface area contributed by atoms with Crippen molar-refractivity contribution >= 4 is 15.9 Å². The highest BCUT2D eigenvalue weighted by molar-refractivity contribution is 9.10. The van der Waals surface area contributed by atoms with Crippen LogP contribution >= 0.6 is 15.9 Å². The van der Waals surface area contributed by atoms with Crippen LogP contribution in [0.1, 0.15) is 38.2 Å². The highest BCUT2D eigenvalue weighted by atomic mass is 79.9. The lowest BCUT2D eigenvalue weighted by Gasteiger charge is -2.15. The Morgan fingerprint density at radius 3 is 2.89 bits per heavy atom. The van der Waals surface area contributed by atoms with Gasteiger partial charge in [-0.05, 0) is 58.3 Å². The molecule has 1 aliphatic heterocycles. The Morgan fingerprint density at radius 2 is 2.16 bits per heavy atom. The molecule has 1 saturated carbocycles. The molecule has 3 rings (SSSR count). The predicted octanol–water partition coefficient (Wildman–Crippen LogP) is 3.85. The fourth-order valence-corrected chi connectivity index (χ4v) is 3.42. The summed E-state index contributed by atoms with van der Waals surface area (Å²) in [4.78, 5) is 0. The average molecular weight is 326 g/mol. The van der Waals surface area contributed by atoms with Crippen molar-refractivity contribution in [1.29, 1.82) is 0 Å². The van der Waals surface area contributed by atoms with Gasteiger partial charge in [-0.15, -0.1) is 0 Å². The third-order valence-corrected chi connectivity index (χ3v) is 4.64. The van der Waals surface area contributed by atoms with E-state index in [2.05, 4.69) is 40.3 Å². The van der Waals surface area contributed by atoms with Crippen molar-refractivity contribution in [2.45, 2.75) is 39.2 Å². The van der Waals surface area contributed by atoms with Gasteiger partial charge in [-0.3, -0.25) is 0 Å². The van der Waals surface area contributed by atoms with Gasteiger partial charge in [0.2, 0.25) is 6.79 Å². The third kappa shape index (κ3) is 2.90. The van der Waals surface area contributed by atoms with Gasteiger partial charge in [-0.1, -0.05) is 13.3 Å². The molecule has 1 aliphatic carbocycles. The van der Waals surface area contributed by atoms with Crippen molar-refractivity contribution in [2.75, 3.05) is 13.3 Å². The van der Waals surface area contributed by atoms with E-state index in [-0.39, 0.29) is 0 Å². The number of hydrogen-bond acceptors (Lipinski definition) is 3. The minimum atomic E-state index is 0.324. The summed E-state index contributed by atoms with van der Waals surface area (Å²) in [5.41, 5.74) is 1.84. The summed E-state index contributed by atoms with van der Waals surface area (Å²) < 4.78 is 11.8. The lowest BCUT2D eigenvalue weighted by Crippen LogP contribution is -2.23. The molecule has 0 saturated heterocycles. The number of halogens is 1. The second-order valence-electron chi connectivity index (χ2n) is 5.66. The largest absolute Gasteiger partial charge is 0.454 e. The topological polar surface area (TPSA) is 30.5 Å². The fourth-order valence-electron chi connectivity index (χ4n) is 2.82. The Bertz CT molecular complexity index is 471. The molecule has 0 amide bonds. The van der Waals surface area contributed by atoms with Crippen LogP contribution in [-0.4, -0.2) is 13.3 Å². The van der Waals surface area contributed by atoms with Crippen LogP contribution in [0.2, 0.25) is 0 Å². The van der Waals surface area contributed by atoms with Gasteiger partial charge in [-0.25, -0.2) is 0 Å². The summed E-state index contributed by atoms with van der Waals surface area (Å²) in [6.45, 7) is 4.62. The Morgan fingerprint density at radius 1 is 1.32 bits per heavy atom. The van der Waals surface area contributed by atoms with Gasteiger partial charge in [0.25, 0.3) is 0 Å². The van der Waals surface area contributed by atoms with E-state index in [4.69, 9.17) is 9.47 Å². The zero-order chi connectivity index (χ0) is 13.3. The summed E-state index contributed by atoms with van der Waals surface area (Å²) in [6.07, 6.45) is 5.42. The van der Waals surface area contributed by atoms with E-state index in [0.717, 1.165) is 29.1 Å². The van der Waals surface area contributed by atoms with Crippen LogP contribution in [0.4, 0.5) is 0 Å². The summed E-state index contributed by atoms with van der Waals surface area (Å²) in [6, 6.07) is 4.18. The van der Waals surface area contributed by atoms with E-state index in [1.165, 1.54) is 31.2 Å². The smallest absolute Gasteiger partial charge is 0.231 e. The van der Waals surface area contributed by atoms with E-state index >= 15 is 0 Å². The van der Waals surface area contributed by atoms with Crippen molar-refractivity contribution in [3.63, 3.8) is 0 Å². The first-order chi connectivity index (χ1) is 9.22. The quantitative estimate of drug-likeness (QED) is 0.861. The van der Waals surface area contributed by atoms with Crippen LogP contribution in [0.3, 0.4) is 0 Å². The minimum absolute atomic E-state index is 0.324. The molecular weight excluding hydrogens is 306 g/mol. The van der Waals surface area contributed by atoms with Crippen molar-refractivity contribution in [2.24, 2.45) is 5.41 Å². The number of nitrogens with one attached hydrogen (secondary N) is 1. The normalized spacial score (nSPS) is 18.6. The molecule has 0 radical (unpaired) electrons. The molecule has 1 aromatic rings. The average Bonchev–Trinajstić information content (AvgIpc) is 2.97. The number of fused-ring (bicyclic) bond motifs is 1. The molecule has 2 aliphatic rings. The van der Waals surface area contributed by atoms with Crippen molar-refractivity contribution in [3.05, 3.63) is 22.2 Å². The SMILES string of the molecule is CCCC1(CNCc2cc(Br)c3c(c2)OCO3)CC1. The maximum Gasteiger partial charge on any atom is 0.231 e. The van der Waals surface area contributed by atoms with Gasteiger partial charge in [0.1, 0.15) is 0 Å². The minimum Gasteiger partial charge on any atom is -0.454 e. The molecule has 0 bridgehead atoms. The second-order valence-corrected chi connectivity index (χ2v) is 6.52.